The molecule has 0 radical (unpaired) electrons. The van der Waals surface area contributed by atoms with Crippen molar-refractivity contribution < 1.29 is 4.79 Å². The van der Waals surface area contributed by atoms with Crippen molar-refractivity contribution in [2.75, 3.05) is 5.75 Å². The molecule has 0 fully saturated rings. The highest BCUT2D eigenvalue weighted by Crippen LogP contribution is 2.21. The molecule has 0 spiro atoms. The number of halogens is 1. The number of benzene rings is 2. The van der Waals surface area contributed by atoms with Crippen LogP contribution in [0.1, 0.15) is 42.5 Å². The fourth-order valence-corrected chi connectivity index (χ4v) is 3.36. The highest BCUT2D eigenvalue weighted by Gasteiger charge is 2.10. The standard InChI is InChI=1S/C20H24ClNOS/c1-14-6-7-17(13-15(14)2)16(3)22-20(23)5-4-12-24-19-10-8-18(21)9-11-19/h6-11,13,16H,4-5,12H2,1-3H3,(H,22,23)/t16-/m0/s1. The van der Waals surface area contributed by atoms with Gasteiger partial charge in [0.25, 0.3) is 0 Å². The molecule has 0 bridgehead atoms. The summed E-state index contributed by atoms with van der Waals surface area (Å²) in [7, 11) is 0. The minimum Gasteiger partial charge on any atom is -0.350 e. The Morgan fingerprint density at radius 1 is 1.12 bits per heavy atom. The second-order valence-electron chi connectivity index (χ2n) is 6.04. The number of aryl methyl sites for hydroxylation is 2. The maximum absolute atomic E-state index is 12.1. The average molecular weight is 362 g/mol. The van der Waals surface area contributed by atoms with Crippen molar-refractivity contribution in [1.82, 2.24) is 5.32 Å². The van der Waals surface area contributed by atoms with Crippen LogP contribution in [-0.4, -0.2) is 11.7 Å². The maximum atomic E-state index is 12.1. The molecule has 2 aromatic rings. The van der Waals surface area contributed by atoms with E-state index in [1.807, 2.05) is 31.2 Å². The SMILES string of the molecule is Cc1ccc([C@H](C)NC(=O)CCCSc2ccc(Cl)cc2)cc1C. The van der Waals surface area contributed by atoms with E-state index in [0.717, 1.165) is 22.8 Å². The highest BCUT2D eigenvalue weighted by atomic mass is 35.5. The van der Waals surface area contributed by atoms with Crippen molar-refractivity contribution in [3.05, 3.63) is 64.2 Å². The van der Waals surface area contributed by atoms with E-state index in [4.69, 9.17) is 11.6 Å². The van der Waals surface area contributed by atoms with Gasteiger partial charge in [-0.15, -0.1) is 11.8 Å². The Morgan fingerprint density at radius 3 is 2.50 bits per heavy atom. The maximum Gasteiger partial charge on any atom is 0.220 e. The molecule has 1 amide bonds. The van der Waals surface area contributed by atoms with Crippen molar-refractivity contribution in [2.24, 2.45) is 0 Å². The van der Waals surface area contributed by atoms with Gasteiger partial charge in [0, 0.05) is 16.3 Å². The van der Waals surface area contributed by atoms with E-state index in [9.17, 15) is 4.79 Å². The van der Waals surface area contributed by atoms with Crippen LogP contribution in [0.25, 0.3) is 0 Å². The van der Waals surface area contributed by atoms with E-state index < -0.39 is 0 Å². The largest absolute Gasteiger partial charge is 0.350 e. The lowest BCUT2D eigenvalue weighted by Gasteiger charge is -2.15. The molecule has 2 aromatic carbocycles. The topological polar surface area (TPSA) is 29.1 Å². The third kappa shape index (κ3) is 5.88. The Hall–Kier alpha value is -1.45. The molecule has 24 heavy (non-hydrogen) atoms. The van der Waals surface area contributed by atoms with E-state index in [1.54, 1.807) is 11.8 Å². The first-order chi connectivity index (χ1) is 11.5. The van der Waals surface area contributed by atoms with E-state index in [1.165, 1.54) is 16.0 Å². The van der Waals surface area contributed by atoms with Crippen LogP contribution in [0.4, 0.5) is 0 Å². The average Bonchev–Trinajstić information content (AvgIpc) is 2.55. The lowest BCUT2D eigenvalue weighted by atomic mass is 10.0. The quantitative estimate of drug-likeness (QED) is 0.505. The number of nitrogens with one attached hydrogen (secondary N) is 1. The summed E-state index contributed by atoms with van der Waals surface area (Å²) in [6, 6.07) is 14.2. The predicted octanol–water partition coefficient (Wildman–Crippen LogP) is 5.71. The van der Waals surface area contributed by atoms with E-state index in [0.29, 0.717) is 6.42 Å². The zero-order valence-electron chi connectivity index (χ0n) is 14.4. The van der Waals surface area contributed by atoms with Crippen molar-refractivity contribution in [1.29, 1.82) is 0 Å². The fourth-order valence-electron chi connectivity index (χ4n) is 2.38. The van der Waals surface area contributed by atoms with Crippen molar-refractivity contribution in [3.63, 3.8) is 0 Å². The Bertz CT molecular complexity index is 685. The summed E-state index contributed by atoms with van der Waals surface area (Å²) in [5.74, 6) is 1.03. The summed E-state index contributed by atoms with van der Waals surface area (Å²) in [5, 5.41) is 3.83. The number of carbonyl (C=O) groups is 1. The van der Waals surface area contributed by atoms with Crippen molar-refractivity contribution in [2.45, 2.75) is 44.6 Å². The molecule has 4 heteroatoms. The van der Waals surface area contributed by atoms with Crippen LogP contribution in [0.5, 0.6) is 0 Å². The number of hydrogen-bond donors (Lipinski definition) is 1. The first kappa shape index (κ1) is 18.9. The molecule has 0 unspecified atom stereocenters. The summed E-state index contributed by atoms with van der Waals surface area (Å²) >= 11 is 7.62. The van der Waals surface area contributed by atoms with Crippen LogP contribution in [0, 0.1) is 13.8 Å². The lowest BCUT2D eigenvalue weighted by Crippen LogP contribution is -2.26. The highest BCUT2D eigenvalue weighted by molar-refractivity contribution is 7.99. The third-order valence-electron chi connectivity index (χ3n) is 4.04. The molecule has 0 aliphatic heterocycles. The van der Waals surface area contributed by atoms with Gasteiger partial charge in [-0.25, -0.2) is 0 Å². The van der Waals surface area contributed by atoms with Crippen molar-refractivity contribution >= 4 is 29.3 Å². The van der Waals surface area contributed by atoms with Gasteiger partial charge in [-0.3, -0.25) is 4.79 Å². The van der Waals surface area contributed by atoms with Gasteiger partial charge in [0.2, 0.25) is 5.91 Å². The molecule has 2 nitrogen and oxygen atoms in total. The van der Waals surface area contributed by atoms with Gasteiger partial charge in [0.15, 0.2) is 0 Å². The van der Waals surface area contributed by atoms with Crippen LogP contribution < -0.4 is 5.32 Å². The first-order valence-electron chi connectivity index (χ1n) is 8.20. The van der Waals surface area contributed by atoms with Gasteiger partial charge < -0.3 is 5.32 Å². The molecule has 1 N–H and O–H groups in total. The van der Waals surface area contributed by atoms with Gasteiger partial charge in [-0.2, -0.15) is 0 Å². The van der Waals surface area contributed by atoms with Gasteiger partial charge in [0.05, 0.1) is 6.04 Å². The van der Waals surface area contributed by atoms with Gasteiger partial charge in [-0.1, -0.05) is 29.8 Å². The molecular weight excluding hydrogens is 338 g/mol. The minimum atomic E-state index is 0.0423. The first-order valence-corrected chi connectivity index (χ1v) is 9.57. The van der Waals surface area contributed by atoms with E-state index in [-0.39, 0.29) is 11.9 Å². The number of rotatable bonds is 7. The summed E-state index contributed by atoms with van der Waals surface area (Å²) in [6.07, 6.45) is 1.41. The summed E-state index contributed by atoms with van der Waals surface area (Å²) in [4.78, 5) is 13.3. The Kier molecular flexibility index (Phi) is 7.19. The predicted molar refractivity (Wildman–Crippen MR) is 104 cm³/mol. The monoisotopic (exact) mass is 361 g/mol. The molecule has 0 saturated carbocycles. The van der Waals surface area contributed by atoms with Crippen LogP contribution in [0.15, 0.2) is 47.4 Å². The molecule has 128 valence electrons. The van der Waals surface area contributed by atoms with E-state index in [2.05, 4.69) is 37.4 Å². The molecular formula is C20H24ClNOS. The van der Waals surface area contributed by atoms with Crippen molar-refractivity contribution in [3.8, 4) is 0 Å². The number of hydrogen-bond acceptors (Lipinski definition) is 2. The second-order valence-corrected chi connectivity index (χ2v) is 7.64. The Balaban J connectivity index is 1.72. The van der Waals surface area contributed by atoms with Crippen LogP contribution in [0.2, 0.25) is 5.02 Å². The molecule has 2 rings (SSSR count). The van der Waals surface area contributed by atoms with E-state index >= 15 is 0 Å². The smallest absolute Gasteiger partial charge is 0.220 e. The number of amides is 1. The van der Waals surface area contributed by atoms with Crippen LogP contribution in [-0.2, 0) is 4.79 Å². The molecule has 0 aromatic heterocycles. The lowest BCUT2D eigenvalue weighted by molar-refractivity contribution is -0.121. The minimum absolute atomic E-state index is 0.0423. The number of thioether (sulfide) groups is 1. The van der Waals surface area contributed by atoms with Gasteiger partial charge in [-0.05, 0) is 73.9 Å². The number of carbonyl (C=O) groups excluding carboxylic acids is 1. The van der Waals surface area contributed by atoms with Gasteiger partial charge in [0.1, 0.15) is 0 Å². The summed E-state index contributed by atoms with van der Waals surface area (Å²) in [6.45, 7) is 6.23. The fraction of sp³-hybridized carbons (Fsp3) is 0.350. The summed E-state index contributed by atoms with van der Waals surface area (Å²) in [5.41, 5.74) is 3.69. The normalized spacial score (nSPS) is 12.0. The Labute approximate surface area is 154 Å². The van der Waals surface area contributed by atoms with Gasteiger partial charge >= 0.3 is 0 Å². The molecule has 0 aliphatic carbocycles. The molecule has 1 atom stereocenters. The molecule has 0 aliphatic rings. The molecule has 0 saturated heterocycles. The summed E-state index contributed by atoms with van der Waals surface area (Å²) < 4.78 is 0. The second kappa shape index (κ2) is 9.14. The zero-order chi connectivity index (χ0) is 17.5. The molecule has 0 heterocycles. The third-order valence-corrected chi connectivity index (χ3v) is 5.39. The Morgan fingerprint density at radius 2 is 1.83 bits per heavy atom. The zero-order valence-corrected chi connectivity index (χ0v) is 16.0. The van der Waals surface area contributed by atoms with Crippen LogP contribution >= 0.6 is 23.4 Å². The van der Waals surface area contributed by atoms with Crippen LogP contribution in [0.3, 0.4) is 0 Å².